The first kappa shape index (κ1) is 18.5. The summed E-state index contributed by atoms with van der Waals surface area (Å²) in [7, 11) is 1.87. The molecule has 1 unspecified atom stereocenters. The Labute approximate surface area is 189 Å². The second kappa shape index (κ2) is 6.48. The molecule has 0 saturated heterocycles. The number of fused-ring (bicyclic) bond motifs is 6. The first-order valence-corrected chi connectivity index (χ1v) is 10.9. The minimum atomic E-state index is -0.904. The van der Waals surface area contributed by atoms with Crippen LogP contribution in [0.15, 0.2) is 54.6 Å². The average Bonchev–Trinajstić information content (AvgIpc) is 3.48. The predicted molar refractivity (Wildman–Crippen MR) is 120 cm³/mol. The van der Waals surface area contributed by atoms with E-state index in [9.17, 15) is 4.79 Å². The summed E-state index contributed by atoms with van der Waals surface area (Å²) in [6, 6.07) is 17.7. The van der Waals surface area contributed by atoms with Gasteiger partial charge in [-0.3, -0.25) is 4.79 Å². The Morgan fingerprint density at radius 1 is 0.939 bits per heavy atom. The highest BCUT2D eigenvalue weighted by molar-refractivity contribution is 6.11. The number of amides is 1. The average molecular weight is 440 g/mol. The molecule has 3 aliphatic rings. The number of aryl methyl sites for hydroxylation is 1. The lowest BCUT2D eigenvalue weighted by Gasteiger charge is -2.24. The van der Waals surface area contributed by atoms with E-state index in [0.29, 0.717) is 37.0 Å². The number of aromatic nitrogens is 3. The van der Waals surface area contributed by atoms with Crippen LogP contribution < -0.4 is 19.1 Å². The third-order valence-corrected chi connectivity index (χ3v) is 6.83. The molecule has 33 heavy (non-hydrogen) atoms. The number of hydrogen-bond donors (Lipinski definition) is 0. The minimum absolute atomic E-state index is 0.00151. The molecule has 8 nitrogen and oxygen atoms in total. The normalized spacial score (nSPS) is 20.3. The zero-order chi connectivity index (χ0) is 22.2. The highest BCUT2D eigenvalue weighted by Gasteiger charge is 2.57. The summed E-state index contributed by atoms with van der Waals surface area (Å²) in [6.45, 7) is 1.68. The Morgan fingerprint density at radius 2 is 1.76 bits per heavy atom. The van der Waals surface area contributed by atoms with E-state index in [0.717, 1.165) is 33.4 Å². The molecule has 3 aliphatic heterocycles. The van der Waals surface area contributed by atoms with Gasteiger partial charge in [-0.05, 0) is 35.4 Å². The molecule has 8 heteroatoms. The Balaban J connectivity index is 1.34. The van der Waals surface area contributed by atoms with Gasteiger partial charge >= 0.3 is 0 Å². The van der Waals surface area contributed by atoms with E-state index in [2.05, 4.69) is 10.3 Å². The van der Waals surface area contributed by atoms with Crippen molar-refractivity contribution >= 4 is 22.6 Å². The van der Waals surface area contributed by atoms with Crippen molar-refractivity contribution in [3.63, 3.8) is 0 Å². The van der Waals surface area contributed by atoms with Gasteiger partial charge in [-0.15, -0.1) is 5.10 Å². The molecular weight excluding hydrogens is 420 g/mol. The zero-order valence-electron chi connectivity index (χ0n) is 17.9. The largest absolute Gasteiger partial charge is 0.491 e. The predicted octanol–water partition coefficient (Wildman–Crippen LogP) is 2.96. The van der Waals surface area contributed by atoms with E-state index in [-0.39, 0.29) is 12.5 Å². The molecule has 1 amide bonds. The van der Waals surface area contributed by atoms with Crippen molar-refractivity contribution in [3.8, 4) is 17.2 Å². The van der Waals surface area contributed by atoms with Gasteiger partial charge in [0.1, 0.15) is 36.5 Å². The molecule has 4 aromatic rings. The molecule has 164 valence electrons. The van der Waals surface area contributed by atoms with Crippen molar-refractivity contribution in [1.29, 1.82) is 0 Å². The fourth-order valence-corrected chi connectivity index (χ4v) is 5.24. The van der Waals surface area contributed by atoms with Crippen LogP contribution in [0.4, 0.5) is 5.69 Å². The van der Waals surface area contributed by atoms with Gasteiger partial charge in [-0.1, -0.05) is 29.5 Å². The van der Waals surface area contributed by atoms with Crippen molar-refractivity contribution in [3.05, 3.63) is 71.3 Å². The van der Waals surface area contributed by atoms with Crippen LogP contribution in [0.3, 0.4) is 0 Å². The van der Waals surface area contributed by atoms with Gasteiger partial charge in [0.15, 0.2) is 11.5 Å². The van der Waals surface area contributed by atoms with Gasteiger partial charge in [0.25, 0.3) is 0 Å². The van der Waals surface area contributed by atoms with E-state index in [1.165, 1.54) is 0 Å². The first-order valence-electron chi connectivity index (χ1n) is 10.9. The molecule has 4 heterocycles. The summed E-state index contributed by atoms with van der Waals surface area (Å²) in [5.41, 5.74) is 4.52. The van der Waals surface area contributed by atoms with Crippen molar-refractivity contribution in [2.75, 3.05) is 24.7 Å². The molecule has 1 aromatic heterocycles. The topological polar surface area (TPSA) is 78.7 Å². The van der Waals surface area contributed by atoms with Crippen LogP contribution in [0, 0.1) is 0 Å². The third-order valence-electron chi connectivity index (χ3n) is 6.83. The summed E-state index contributed by atoms with van der Waals surface area (Å²) < 4.78 is 19.4. The quantitative estimate of drug-likeness (QED) is 0.477. The molecule has 0 aliphatic carbocycles. The minimum Gasteiger partial charge on any atom is -0.491 e. The van der Waals surface area contributed by atoms with Gasteiger partial charge in [-0.2, -0.15) is 0 Å². The standard InChI is InChI=1S/C25H20N4O4/c1-28-20-7-6-15(10-18(20)26-27-28)13-29-19-5-3-2-4-16(19)25(24(29)30)14-33-21-12-23-22(11-17(21)25)31-8-9-32-23/h2-7,10-12H,8-9,13-14H2,1H3. The van der Waals surface area contributed by atoms with E-state index < -0.39 is 5.41 Å². The monoisotopic (exact) mass is 440 g/mol. The highest BCUT2D eigenvalue weighted by atomic mass is 16.6. The van der Waals surface area contributed by atoms with E-state index in [4.69, 9.17) is 14.2 Å². The zero-order valence-corrected chi connectivity index (χ0v) is 17.9. The molecule has 3 aromatic carbocycles. The van der Waals surface area contributed by atoms with Crippen LogP contribution in [0.25, 0.3) is 11.0 Å². The first-order chi connectivity index (χ1) is 16.1. The summed E-state index contributed by atoms with van der Waals surface area (Å²) >= 11 is 0. The summed E-state index contributed by atoms with van der Waals surface area (Å²) in [4.78, 5) is 16.0. The SMILES string of the molecule is Cn1nnc2cc(CN3C(=O)C4(COc5cc6c(cc54)OCCO6)c4ccccc43)ccc21. The number of carbonyl (C=O) groups is 1. The van der Waals surface area contributed by atoms with Crippen LogP contribution >= 0.6 is 0 Å². The Morgan fingerprint density at radius 3 is 2.64 bits per heavy atom. The Hall–Kier alpha value is -4.07. The van der Waals surface area contributed by atoms with Crippen LogP contribution in [-0.2, 0) is 23.8 Å². The number of carbonyl (C=O) groups excluding carboxylic acids is 1. The lowest BCUT2D eigenvalue weighted by atomic mass is 9.77. The number of nitrogens with zero attached hydrogens (tertiary/aromatic N) is 4. The number of anilines is 1. The Bertz CT molecular complexity index is 1460. The molecule has 0 fully saturated rings. The molecular formula is C25H20N4O4. The second-order valence-corrected chi connectivity index (χ2v) is 8.63. The maximum Gasteiger partial charge on any atom is 0.246 e. The van der Waals surface area contributed by atoms with Crippen molar-refractivity contribution < 1.29 is 19.0 Å². The van der Waals surface area contributed by atoms with Crippen LogP contribution in [0.2, 0.25) is 0 Å². The molecule has 0 bridgehead atoms. The fraction of sp³-hybridized carbons (Fsp3) is 0.240. The van der Waals surface area contributed by atoms with Gasteiger partial charge < -0.3 is 19.1 Å². The molecule has 0 saturated carbocycles. The smallest absolute Gasteiger partial charge is 0.246 e. The number of ether oxygens (including phenoxy) is 3. The van der Waals surface area contributed by atoms with Crippen LogP contribution in [-0.4, -0.2) is 40.7 Å². The van der Waals surface area contributed by atoms with Gasteiger partial charge in [-0.25, -0.2) is 4.68 Å². The van der Waals surface area contributed by atoms with Crippen LogP contribution in [0.5, 0.6) is 17.2 Å². The van der Waals surface area contributed by atoms with Gasteiger partial charge in [0.2, 0.25) is 5.91 Å². The van der Waals surface area contributed by atoms with Crippen molar-refractivity contribution in [2.24, 2.45) is 7.05 Å². The highest BCUT2D eigenvalue weighted by Crippen LogP contribution is 2.55. The lowest BCUT2D eigenvalue weighted by molar-refractivity contribution is -0.122. The van der Waals surface area contributed by atoms with E-state index in [1.807, 2.05) is 66.5 Å². The number of benzene rings is 3. The summed E-state index contributed by atoms with van der Waals surface area (Å²) in [6.07, 6.45) is 0. The van der Waals surface area contributed by atoms with Gasteiger partial charge in [0.05, 0.1) is 12.1 Å². The van der Waals surface area contributed by atoms with Crippen molar-refractivity contribution in [1.82, 2.24) is 15.0 Å². The van der Waals surface area contributed by atoms with Crippen molar-refractivity contribution in [2.45, 2.75) is 12.0 Å². The molecule has 0 N–H and O–H groups in total. The van der Waals surface area contributed by atoms with Crippen LogP contribution in [0.1, 0.15) is 16.7 Å². The summed E-state index contributed by atoms with van der Waals surface area (Å²) in [5.74, 6) is 1.98. The number of para-hydroxylation sites is 1. The third kappa shape index (κ3) is 2.43. The molecule has 7 rings (SSSR count). The van der Waals surface area contributed by atoms with E-state index >= 15 is 0 Å². The maximum atomic E-state index is 14.1. The summed E-state index contributed by atoms with van der Waals surface area (Å²) in [5, 5.41) is 8.31. The molecule has 0 radical (unpaired) electrons. The Kier molecular flexibility index (Phi) is 3.63. The fourth-order valence-electron chi connectivity index (χ4n) is 5.24. The van der Waals surface area contributed by atoms with E-state index in [1.54, 1.807) is 4.68 Å². The number of hydrogen-bond acceptors (Lipinski definition) is 6. The maximum absolute atomic E-state index is 14.1. The molecule has 1 atom stereocenters. The van der Waals surface area contributed by atoms with Gasteiger partial charge in [0, 0.05) is 24.4 Å². The number of rotatable bonds is 2. The second-order valence-electron chi connectivity index (χ2n) is 8.63. The lowest BCUT2D eigenvalue weighted by Crippen LogP contribution is -2.42. The molecule has 1 spiro atoms.